The average molecular weight is 328 g/mol. The van der Waals surface area contributed by atoms with Crippen molar-refractivity contribution in [3.63, 3.8) is 0 Å². The smallest absolute Gasteiger partial charge is 0.162 e. The van der Waals surface area contributed by atoms with E-state index in [4.69, 9.17) is 0 Å². The first-order valence-electron chi connectivity index (χ1n) is 7.86. The van der Waals surface area contributed by atoms with Crippen LogP contribution in [0.25, 0.3) is 22.4 Å². The molecule has 1 aliphatic rings. The van der Waals surface area contributed by atoms with Gasteiger partial charge in [-0.15, -0.1) is 0 Å². The van der Waals surface area contributed by atoms with Crippen LogP contribution in [0.15, 0.2) is 48.6 Å². The van der Waals surface area contributed by atoms with E-state index in [0.29, 0.717) is 23.0 Å². The van der Waals surface area contributed by atoms with E-state index < -0.39 is 17.5 Å². The monoisotopic (exact) mass is 328 g/mol. The molecule has 2 nitrogen and oxygen atoms in total. The first-order valence-corrected chi connectivity index (χ1v) is 7.86. The number of nitrogens with zero attached hydrogens (tertiary/aromatic N) is 2. The molecule has 2 aromatic heterocycles. The molecule has 0 amide bonds. The van der Waals surface area contributed by atoms with Crippen molar-refractivity contribution in [1.82, 2.24) is 9.38 Å². The fourth-order valence-corrected chi connectivity index (χ4v) is 3.57. The molecule has 0 N–H and O–H groups in total. The standard InChI is InChI=1S/C19H15F3N2/c1-2-3-5-11-10-14(21)17(22)16-12-6-4-7-13(20)18(12)24-9-8-23-19(24)15(11)16/h2-4,6-9,11H,5,10H2,1H3. The van der Waals surface area contributed by atoms with Crippen LogP contribution in [0.1, 0.15) is 36.8 Å². The van der Waals surface area contributed by atoms with Crippen LogP contribution in [0.5, 0.6) is 0 Å². The lowest BCUT2D eigenvalue weighted by atomic mass is 9.82. The van der Waals surface area contributed by atoms with E-state index in [-0.39, 0.29) is 23.4 Å². The van der Waals surface area contributed by atoms with Crippen LogP contribution in [0.3, 0.4) is 0 Å². The van der Waals surface area contributed by atoms with Gasteiger partial charge in [0, 0.05) is 35.3 Å². The minimum absolute atomic E-state index is 0.00742. The number of halogens is 3. The molecular formula is C19H15F3N2. The Balaban J connectivity index is 2.18. The molecule has 0 aliphatic heterocycles. The van der Waals surface area contributed by atoms with Gasteiger partial charge in [0.2, 0.25) is 0 Å². The average Bonchev–Trinajstić information content (AvgIpc) is 3.05. The summed E-state index contributed by atoms with van der Waals surface area (Å²) in [5.41, 5.74) is 1.50. The van der Waals surface area contributed by atoms with Crippen molar-refractivity contribution in [2.24, 2.45) is 0 Å². The van der Waals surface area contributed by atoms with Crippen LogP contribution in [-0.4, -0.2) is 9.38 Å². The molecule has 2 heterocycles. The highest BCUT2D eigenvalue weighted by atomic mass is 19.2. The summed E-state index contributed by atoms with van der Waals surface area (Å²) in [4.78, 5) is 4.30. The van der Waals surface area contributed by atoms with Gasteiger partial charge in [0.25, 0.3) is 0 Å². The lowest BCUT2D eigenvalue weighted by Crippen LogP contribution is -2.12. The minimum Gasteiger partial charge on any atom is -0.296 e. The molecule has 4 rings (SSSR count). The topological polar surface area (TPSA) is 17.3 Å². The highest BCUT2D eigenvalue weighted by Crippen LogP contribution is 2.46. The van der Waals surface area contributed by atoms with Crippen molar-refractivity contribution in [3.8, 4) is 0 Å². The second kappa shape index (κ2) is 5.51. The molecule has 3 aromatic rings. The van der Waals surface area contributed by atoms with Gasteiger partial charge >= 0.3 is 0 Å². The Morgan fingerprint density at radius 1 is 1.29 bits per heavy atom. The van der Waals surface area contributed by atoms with E-state index in [9.17, 15) is 13.2 Å². The highest BCUT2D eigenvalue weighted by molar-refractivity contribution is 5.96. The Morgan fingerprint density at radius 3 is 2.92 bits per heavy atom. The number of allylic oxidation sites excluding steroid dienone is 3. The highest BCUT2D eigenvalue weighted by Gasteiger charge is 2.32. The third-order valence-electron chi connectivity index (χ3n) is 4.60. The fourth-order valence-electron chi connectivity index (χ4n) is 3.57. The zero-order valence-electron chi connectivity index (χ0n) is 13.1. The van der Waals surface area contributed by atoms with E-state index in [1.165, 1.54) is 12.1 Å². The summed E-state index contributed by atoms with van der Waals surface area (Å²) in [6.07, 6.45) is 7.59. The van der Waals surface area contributed by atoms with Crippen molar-refractivity contribution in [1.29, 1.82) is 0 Å². The zero-order chi connectivity index (χ0) is 16.8. The van der Waals surface area contributed by atoms with Gasteiger partial charge in [-0.2, -0.15) is 0 Å². The number of rotatable bonds is 2. The quantitative estimate of drug-likeness (QED) is 0.553. The SMILES string of the molecule is CC=CCC1CC(F)=C(F)c2c1c1nccn1c1c(F)cccc21. The predicted molar refractivity (Wildman–Crippen MR) is 88.6 cm³/mol. The van der Waals surface area contributed by atoms with Crippen LogP contribution < -0.4 is 0 Å². The van der Waals surface area contributed by atoms with Gasteiger partial charge < -0.3 is 0 Å². The lowest BCUT2D eigenvalue weighted by molar-refractivity contribution is 0.510. The second-order valence-corrected chi connectivity index (χ2v) is 5.97. The first kappa shape index (κ1) is 15.0. The Labute approximate surface area is 136 Å². The minimum atomic E-state index is -0.900. The third kappa shape index (κ3) is 2.00. The van der Waals surface area contributed by atoms with Crippen LogP contribution in [0, 0.1) is 5.82 Å². The molecule has 0 radical (unpaired) electrons. The number of hydrogen-bond donors (Lipinski definition) is 0. The number of hydrogen-bond acceptors (Lipinski definition) is 1. The van der Waals surface area contributed by atoms with Crippen molar-refractivity contribution in [2.75, 3.05) is 0 Å². The third-order valence-corrected chi connectivity index (χ3v) is 4.60. The van der Waals surface area contributed by atoms with E-state index >= 15 is 0 Å². The summed E-state index contributed by atoms with van der Waals surface area (Å²) in [6, 6.07) is 4.45. The normalized spacial score (nSPS) is 18.1. The molecule has 5 heteroatoms. The van der Waals surface area contributed by atoms with Gasteiger partial charge in [0.05, 0.1) is 5.52 Å². The van der Waals surface area contributed by atoms with E-state index in [0.717, 1.165) is 0 Å². The van der Waals surface area contributed by atoms with Crippen LogP contribution >= 0.6 is 0 Å². The molecule has 0 bridgehead atoms. The predicted octanol–water partition coefficient (Wildman–Crippen LogP) is 5.69. The van der Waals surface area contributed by atoms with E-state index in [1.807, 2.05) is 19.1 Å². The number of aromatic nitrogens is 2. The van der Waals surface area contributed by atoms with Crippen molar-refractivity contribution in [3.05, 3.63) is 65.5 Å². The van der Waals surface area contributed by atoms with Crippen LogP contribution in [0.2, 0.25) is 0 Å². The molecule has 24 heavy (non-hydrogen) atoms. The molecular weight excluding hydrogens is 313 g/mol. The van der Waals surface area contributed by atoms with Crippen molar-refractivity contribution in [2.45, 2.75) is 25.7 Å². The molecule has 1 unspecified atom stereocenters. The summed E-state index contributed by atoms with van der Waals surface area (Å²) in [7, 11) is 0. The van der Waals surface area contributed by atoms with Gasteiger partial charge in [0.1, 0.15) is 17.3 Å². The van der Waals surface area contributed by atoms with Gasteiger partial charge in [-0.05, 0) is 25.3 Å². The lowest BCUT2D eigenvalue weighted by Gasteiger charge is -2.25. The number of benzene rings is 1. The molecule has 1 atom stereocenters. The van der Waals surface area contributed by atoms with Gasteiger partial charge in [0.15, 0.2) is 5.83 Å². The Bertz CT molecular complexity index is 1010. The van der Waals surface area contributed by atoms with Crippen LogP contribution in [-0.2, 0) is 0 Å². The maximum atomic E-state index is 14.7. The van der Waals surface area contributed by atoms with Gasteiger partial charge in [-0.3, -0.25) is 4.40 Å². The zero-order valence-corrected chi connectivity index (χ0v) is 13.1. The summed E-state index contributed by atoms with van der Waals surface area (Å²) in [6.45, 7) is 1.89. The molecule has 0 saturated heterocycles. The summed E-state index contributed by atoms with van der Waals surface area (Å²) in [5, 5.41) is 0.369. The van der Waals surface area contributed by atoms with Crippen molar-refractivity contribution < 1.29 is 13.2 Å². The Kier molecular flexibility index (Phi) is 3.44. The number of imidazole rings is 1. The Morgan fingerprint density at radius 2 is 2.12 bits per heavy atom. The van der Waals surface area contributed by atoms with E-state index in [2.05, 4.69) is 4.98 Å². The molecule has 0 fully saturated rings. The number of pyridine rings is 1. The van der Waals surface area contributed by atoms with Gasteiger partial charge in [-0.1, -0.05) is 24.3 Å². The molecule has 0 spiro atoms. The largest absolute Gasteiger partial charge is 0.296 e. The van der Waals surface area contributed by atoms with Crippen molar-refractivity contribution >= 4 is 22.4 Å². The summed E-state index contributed by atoms with van der Waals surface area (Å²) in [5.74, 6) is -2.39. The molecule has 1 aromatic carbocycles. The van der Waals surface area contributed by atoms with Gasteiger partial charge in [-0.25, -0.2) is 18.2 Å². The maximum Gasteiger partial charge on any atom is 0.162 e. The maximum absolute atomic E-state index is 14.7. The number of fused-ring (bicyclic) bond motifs is 6. The molecule has 122 valence electrons. The Hall–Kier alpha value is -2.56. The number of para-hydroxylation sites is 1. The molecule has 0 saturated carbocycles. The second-order valence-electron chi connectivity index (χ2n) is 5.97. The fraction of sp³-hybridized carbons (Fsp3) is 0.211. The first-order chi connectivity index (χ1) is 11.6. The summed E-state index contributed by atoms with van der Waals surface area (Å²) < 4.78 is 45.0. The van der Waals surface area contributed by atoms with E-state index in [1.54, 1.807) is 22.9 Å². The summed E-state index contributed by atoms with van der Waals surface area (Å²) >= 11 is 0. The molecule has 1 aliphatic carbocycles. The van der Waals surface area contributed by atoms with Crippen LogP contribution in [0.4, 0.5) is 13.2 Å².